The molecule has 0 saturated carbocycles. The van der Waals surface area contributed by atoms with Gasteiger partial charge in [0.2, 0.25) is 0 Å². The summed E-state index contributed by atoms with van der Waals surface area (Å²) in [4.78, 5) is 29.1. The van der Waals surface area contributed by atoms with Crippen LogP contribution in [0.25, 0.3) is 28.1 Å². The third-order valence-corrected chi connectivity index (χ3v) is 5.67. The highest BCUT2D eigenvalue weighted by Gasteiger charge is 2.19. The number of pyridine rings is 1. The minimum absolute atomic E-state index is 0.153. The Balaban J connectivity index is 1.66. The van der Waals surface area contributed by atoms with E-state index in [1.807, 2.05) is 48.7 Å². The molecule has 0 radical (unpaired) electrons. The molecule has 7 heteroatoms. The SMILES string of the molecule is Cc1cc([C@@H](C)Nc2ccccc2C(=O)O)c2oc(-c3cnc4ccccn34)cc(=O)c2c1. The lowest BCUT2D eigenvalue weighted by molar-refractivity contribution is 0.0698. The summed E-state index contributed by atoms with van der Waals surface area (Å²) >= 11 is 0. The van der Waals surface area contributed by atoms with Crippen molar-refractivity contribution in [2.45, 2.75) is 19.9 Å². The quantitative estimate of drug-likeness (QED) is 0.386. The first-order chi connectivity index (χ1) is 15.9. The Bertz CT molecular complexity index is 1580. The molecule has 1 atom stereocenters. The van der Waals surface area contributed by atoms with E-state index in [0.717, 1.165) is 16.8 Å². The summed E-state index contributed by atoms with van der Waals surface area (Å²) < 4.78 is 8.16. The molecule has 5 rings (SSSR count). The molecule has 3 aromatic heterocycles. The molecule has 0 spiro atoms. The lowest BCUT2D eigenvalue weighted by Crippen LogP contribution is -2.12. The Kier molecular flexibility index (Phi) is 4.94. The van der Waals surface area contributed by atoms with Crippen molar-refractivity contribution in [1.29, 1.82) is 0 Å². The van der Waals surface area contributed by atoms with E-state index in [9.17, 15) is 14.7 Å². The fourth-order valence-electron chi connectivity index (χ4n) is 4.10. The number of hydrogen-bond acceptors (Lipinski definition) is 5. The summed E-state index contributed by atoms with van der Waals surface area (Å²) in [6.07, 6.45) is 3.54. The van der Waals surface area contributed by atoms with Crippen LogP contribution in [0.15, 0.2) is 82.3 Å². The van der Waals surface area contributed by atoms with Gasteiger partial charge >= 0.3 is 5.97 Å². The zero-order valence-electron chi connectivity index (χ0n) is 18.1. The molecule has 0 aliphatic rings. The van der Waals surface area contributed by atoms with E-state index in [0.29, 0.717) is 28.1 Å². The van der Waals surface area contributed by atoms with E-state index in [1.165, 1.54) is 6.07 Å². The van der Waals surface area contributed by atoms with Crippen molar-refractivity contribution >= 4 is 28.3 Å². The monoisotopic (exact) mass is 439 g/mol. The zero-order chi connectivity index (χ0) is 23.1. The number of benzene rings is 2. The third-order valence-electron chi connectivity index (χ3n) is 5.67. The molecule has 2 N–H and O–H groups in total. The fraction of sp³-hybridized carbons (Fsp3) is 0.115. The average molecular weight is 439 g/mol. The first-order valence-electron chi connectivity index (χ1n) is 10.5. The second-order valence-electron chi connectivity index (χ2n) is 7.99. The summed E-state index contributed by atoms with van der Waals surface area (Å²) in [5, 5.41) is 13.3. The van der Waals surface area contributed by atoms with Gasteiger partial charge < -0.3 is 14.8 Å². The maximum absolute atomic E-state index is 13.1. The summed E-state index contributed by atoms with van der Waals surface area (Å²) in [7, 11) is 0. The Morgan fingerprint density at radius 1 is 1.12 bits per heavy atom. The molecule has 0 unspecified atom stereocenters. The molecule has 0 saturated heterocycles. The highest BCUT2D eigenvalue weighted by atomic mass is 16.4. The molecule has 7 nitrogen and oxygen atoms in total. The van der Waals surface area contributed by atoms with E-state index in [2.05, 4.69) is 10.3 Å². The third kappa shape index (κ3) is 3.63. The summed E-state index contributed by atoms with van der Waals surface area (Å²) in [6.45, 7) is 3.83. The van der Waals surface area contributed by atoms with Crippen molar-refractivity contribution in [3.63, 3.8) is 0 Å². The van der Waals surface area contributed by atoms with Gasteiger partial charge in [0.15, 0.2) is 11.2 Å². The number of imidazole rings is 1. The number of anilines is 1. The minimum Gasteiger partial charge on any atom is -0.478 e. The molecule has 0 amide bonds. The van der Waals surface area contributed by atoms with E-state index in [-0.39, 0.29) is 17.0 Å². The van der Waals surface area contributed by atoms with Crippen LogP contribution in [0, 0.1) is 6.92 Å². The van der Waals surface area contributed by atoms with E-state index in [4.69, 9.17) is 4.42 Å². The average Bonchev–Trinajstić information content (AvgIpc) is 3.23. The standard InChI is InChI=1S/C26H21N3O4/c1-15-11-18(16(2)28-20-8-4-3-7-17(20)26(31)32)25-19(12-15)22(30)13-23(33-25)21-14-27-24-9-5-6-10-29(21)24/h3-14,16,28H,1-2H3,(H,31,32)/t16-/m1/s1. The van der Waals surface area contributed by atoms with Gasteiger partial charge in [-0.05, 0) is 49.7 Å². The van der Waals surface area contributed by atoms with E-state index < -0.39 is 5.97 Å². The summed E-state index contributed by atoms with van der Waals surface area (Å²) in [6, 6.07) is 17.3. The molecule has 5 aromatic rings. The van der Waals surface area contributed by atoms with Gasteiger partial charge in [-0.25, -0.2) is 9.78 Å². The maximum Gasteiger partial charge on any atom is 0.337 e. The van der Waals surface area contributed by atoms with Gasteiger partial charge in [-0.2, -0.15) is 0 Å². The number of aryl methyl sites for hydroxylation is 1. The molecule has 33 heavy (non-hydrogen) atoms. The highest BCUT2D eigenvalue weighted by Crippen LogP contribution is 2.31. The number of carboxylic acid groups (broad SMARTS) is 1. The van der Waals surface area contributed by atoms with Crippen molar-refractivity contribution in [2.24, 2.45) is 0 Å². The molecular weight excluding hydrogens is 418 g/mol. The van der Waals surface area contributed by atoms with Crippen LogP contribution in [-0.4, -0.2) is 20.5 Å². The number of hydrogen-bond donors (Lipinski definition) is 2. The number of carboxylic acids is 1. The van der Waals surface area contributed by atoms with Gasteiger partial charge in [-0.3, -0.25) is 9.20 Å². The summed E-state index contributed by atoms with van der Waals surface area (Å²) in [5.41, 5.74) is 4.07. The van der Waals surface area contributed by atoms with Crippen molar-refractivity contribution < 1.29 is 14.3 Å². The Morgan fingerprint density at radius 2 is 1.91 bits per heavy atom. The molecule has 0 aliphatic carbocycles. The van der Waals surface area contributed by atoms with Gasteiger partial charge in [0, 0.05) is 23.5 Å². The number of nitrogens with one attached hydrogen (secondary N) is 1. The number of nitrogens with zero attached hydrogens (tertiary/aromatic N) is 2. The minimum atomic E-state index is -1.01. The maximum atomic E-state index is 13.1. The molecule has 0 bridgehead atoms. The van der Waals surface area contributed by atoms with Gasteiger partial charge in [-0.15, -0.1) is 0 Å². The Labute approximate surface area is 188 Å². The first kappa shape index (κ1) is 20.5. The number of rotatable bonds is 5. The topological polar surface area (TPSA) is 96.8 Å². The second-order valence-corrected chi connectivity index (χ2v) is 7.99. The molecule has 2 aromatic carbocycles. The van der Waals surface area contributed by atoms with Crippen molar-refractivity contribution in [2.75, 3.05) is 5.32 Å². The lowest BCUT2D eigenvalue weighted by Gasteiger charge is -2.19. The predicted molar refractivity (Wildman–Crippen MR) is 127 cm³/mol. The van der Waals surface area contributed by atoms with Crippen LogP contribution in [0.1, 0.15) is 34.5 Å². The fourth-order valence-corrected chi connectivity index (χ4v) is 4.10. The largest absolute Gasteiger partial charge is 0.478 e. The molecular formula is C26H21N3O4. The number of fused-ring (bicyclic) bond motifs is 2. The van der Waals surface area contributed by atoms with Gasteiger partial charge in [0.05, 0.1) is 23.2 Å². The van der Waals surface area contributed by atoms with Crippen LogP contribution in [-0.2, 0) is 0 Å². The van der Waals surface area contributed by atoms with Crippen molar-refractivity contribution in [3.8, 4) is 11.5 Å². The molecule has 0 fully saturated rings. The van der Waals surface area contributed by atoms with Crippen LogP contribution >= 0.6 is 0 Å². The van der Waals surface area contributed by atoms with Crippen LogP contribution in [0.4, 0.5) is 5.69 Å². The Hall–Kier alpha value is -4.39. The van der Waals surface area contributed by atoms with E-state index >= 15 is 0 Å². The van der Waals surface area contributed by atoms with Gasteiger partial charge in [0.25, 0.3) is 0 Å². The predicted octanol–water partition coefficient (Wildman–Crippen LogP) is 5.29. The highest BCUT2D eigenvalue weighted by molar-refractivity contribution is 5.94. The normalized spacial score (nSPS) is 12.2. The lowest BCUT2D eigenvalue weighted by atomic mass is 10.0. The number of aromatic carboxylic acids is 1. The van der Waals surface area contributed by atoms with Gasteiger partial charge in [0.1, 0.15) is 16.9 Å². The van der Waals surface area contributed by atoms with Crippen LogP contribution in [0.5, 0.6) is 0 Å². The number of para-hydroxylation sites is 1. The van der Waals surface area contributed by atoms with Gasteiger partial charge in [-0.1, -0.05) is 24.3 Å². The van der Waals surface area contributed by atoms with Crippen LogP contribution in [0.3, 0.4) is 0 Å². The number of carbonyl (C=O) groups is 1. The van der Waals surface area contributed by atoms with Crippen molar-refractivity contribution in [3.05, 3.63) is 100.0 Å². The second kappa shape index (κ2) is 7.94. The zero-order valence-corrected chi connectivity index (χ0v) is 18.1. The van der Waals surface area contributed by atoms with Crippen LogP contribution < -0.4 is 10.7 Å². The van der Waals surface area contributed by atoms with Crippen molar-refractivity contribution in [1.82, 2.24) is 9.38 Å². The molecule has 3 heterocycles. The first-order valence-corrected chi connectivity index (χ1v) is 10.5. The Morgan fingerprint density at radius 3 is 2.73 bits per heavy atom. The summed E-state index contributed by atoms with van der Waals surface area (Å²) in [5.74, 6) is -0.602. The smallest absolute Gasteiger partial charge is 0.337 e. The molecule has 164 valence electrons. The molecule has 0 aliphatic heterocycles. The van der Waals surface area contributed by atoms with E-state index in [1.54, 1.807) is 36.5 Å². The van der Waals surface area contributed by atoms with Crippen LogP contribution in [0.2, 0.25) is 0 Å². The number of aromatic nitrogens is 2.